The molecule has 0 aliphatic heterocycles. The summed E-state index contributed by atoms with van der Waals surface area (Å²) in [6.45, 7) is 0.565. The molecule has 130 valence electrons. The van der Waals surface area contributed by atoms with Gasteiger partial charge >= 0.3 is 0 Å². The number of carbonyl (C=O) groups is 1. The Morgan fingerprint density at radius 3 is 2.65 bits per heavy atom. The molecule has 3 heterocycles. The van der Waals surface area contributed by atoms with Gasteiger partial charge < -0.3 is 10.6 Å². The molecule has 1 aromatic carbocycles. The van der Waals surface area contributed by atoms with Crippen LogP contribution in [0.2, 0.25) is 0 Å². The van der Waals surface area contributed by atoms with Gasteiger partial charge in [-0.2, -0.15) is 0 Å². The van der Waals surface area contributed by atoms with E-state index in [2.05, 4.69) is 20.6 Å². The molecule has 3 aromatic heterocycles. The summed E-state index contributed by atoms with van der Waals surface area (Å²) in [6.07, 6.45) is 2.48. The van der Waals surface area contributed by atoms with Crippen molar-refractivity contribution in [3.63, 3.8) is 0 Å². The largest absolute Gasteiger partial charge is 0.351 e. The molecule has 0 bridgehead atoms. The molecular formula is C19H16N4OS2. The quantitative estimate of drug-likeness (QED) is 0.518. The number of nitrogens with zero attached hydrogens (tertiary/aromatic N) is 2. The van der Waals surface area contributed by atoms with Crippen molar-refractivity contribution in [2.45, 2.75) is 6.42 Å². The topological polar surface area (TPSA) is 66.9 Å². The van der Waals surface area contributed by atoms with Crippen LogP contribution in [0.3, 0.4) is 0 Å². The number of aromatic nitrogens is 2. The predicted octanol–water partition coefficient (Wildman–Crippen LogP) is 4.47. The van der Waals surface area contributed by atoms with Crippen molar-refractivity contribution in [3.05, 3.63) is 71.4 Å². The lowest BCUT2D eigenvalue weighted by molar-refractivity contribution is 0.0958. The predicted molar refractivity (Wildman–Crippen MR) is 107 cm³/mol. The summed E-state index contributed by atoms with van der Waals surface area (Å²) in [5.41, 5.74) is 1.97. The minimum atomic E-state index is -0.0614. The van der Waals surface area contributed by atoms with Crippen LogP contribution in [0.25, 0.3) is 9.53 Å². The molecule has 5 nitrogen and oxygen atoms in total. The Kier molecular flexibility index (Phi) is 4.90. The Morgan fingerprint density at radius 1 is 1.04 bits per heavy atom. The van der Waals surface area contributed by atoms with Crippen LogP contribution in [0, 0.1) is 0 Å². The zero-order valence-electron chi connectivity index (χ0n) is 13.8. The SMILES string of the molecule is O=C(NCCc1ccccn1)c1cc2sc(Nc3ccccc3)nc2s1. The number of hydrogen-bond donors (Lipinski definition) is 2. The summed E-state index contributed by atoms with van der Waals surface area (Å²) in [5, 5.41) is 7.07. The Bertz CT molecular complexity index is 980. The van der Waals surface area contributed by atoms with Gasteiger partial charge in [0.1, 0.15) is 4.83 Å². The van der Waals surface area contributed by atoms with Crippen molar-refractivity contribution in [1.29, 1.82) is 0 Å². The minimum Gasteiger partial charge on any atom is -0.351 e. The van der Waals surface area contributed by atoms with Crippen molar-refractivity contribution < 1.29 is 4.79 Å². The number of pyridine rings is 1. The van der Waals surface area contributed by atoms with Crippen molar-refractivity contribution in [3.8, 4) is 0 Å². The summed E-state index contributed by atoms with van der Waals surface area (Å²) < 4.78 is 1.02. The molecule has 4 aromatic rings. The average molecular weight is 380 g/mol. The number of hydrogen-bond acceptors (Lipinski definition) is 6. The molecule has 0 fully saturated rings. The Hall–Kier alpha value is -2.77. The highest BCUT2D eigenvalue weighted by molar-refractivity contribution is 7.29. The van der Waals surface area contributed by atoms with E-state index in [-0.39, 0.29) is 5.91 Å². The molecule has 0 saturated carbocycles. The maximum absolute atomic E-state index is 12.3. The number of fused-ring (bicyclic) bond motifs is 1. The number of thiophene rings is 1. The number of anilines is 2. The highest BCUT2D eigenvalue weighted by Crippen LogP contribution is 2.34. The van der Waals surface area contributed by atoms with Crippen molar-refractivity contribution in [1.82, 2.24) is 15.3 Å². The number of nitrogens with one attached hydrogen (secondary N) is 2. The minimum absolute atomic E-state index is 0.0614. The van der Waals surface area contributed by atoms with E-state index in [0.717, 1.165) is 32.5 Å². The van der Waals surface area contributed by atoms with Crippen LogP contribution < -0.4 is 10.6 Å². The first-order valence-electron chi connectivity index (χ1n) is 8.18. The van der Waals surface area contributed by atoms with Crippen molar-refractivity contribution in [2.24, 2.45) is 0 Å². The number of thiazole rings is 1. The Labute approximate surface area is 158 Å². The van der Waals surface area contributed by atoms with Crippen LogP contribution in [0.5, 0.6) is 0 Å². The lowest BCUT2D eigenvalue weighted by atomic mass is 10.3. The molecule has 26 heavy (non-hydrogen) atoms. The average Bonchev–Trinajstić information content (AvgIpc) is 3.22. The van der Waals surface area contributed by atoms with Gasteiger partial charge in [-0.3, -0.25) is 9.78 Å². The molecule has 7 heteroatoms. The summed E-state index contributed by atoms with van der Waals surface area (Å²) in [4.78, 5) is 22.7. The van der Waals surface area contributed by atoms with E-state index < -0.39 is 0 Å². The first-order valence-corrected chi connectivity index (χ1v) is 9.82. The van der Waals surface area contributed by atoms with Crippen LogP contribution in [0.1, 0.15) is 15.4 Å². The second-order valence-electron chi connectivity index (χ2n) is 5.62. The van der Waals surface area contributed by atoms with E-state index in [1.54, 1.807) is 17.5 Å². The lowest BCUT2D eigenvalue weighted by Gasteiger charge is -2.03. The first-order chi connectivity index (χ1) is 12.8. The Balaban J connectivity index is 1.38. The highest BCUT2D eigenvalue weighted by atomic mass is 32.1. The van der Waals surface area contributed by atoms with Gasteiger partial charge in [0, 0.05) is 30.5 Å². The summed E-state index contributed by atoms with van der Waals surface area (Å²) in [7, 11) is 0. The van der Waals surface area contributed by atoms with Crippen molar-refractivity contribution in [2.75, 3.05) is 11.9 Å². The first kappa shape index (κ1) is 16.7. The van der Waals surface area contributed by atoms with Crippen LogP contribution >= 0.6 is 22.7 Å². The van der Waals surface area contributed by atoms with Crippen LogP contribution in [-0.2, 0) is 6.42 Å². The van der Waals surface area contributed by atoms with Gasteiger partial charge in [-0.25, -0.2) is 4.98 Å². The number of benzene rings is 1. The lowest BCUT2D eigenvalue weighted by Crippen LogP contribution is -2.25. The maximum atomic E-state index is 12.3. The number of para-hydroxylation sites is 1. The second kappa shape index (κ2) is 7.63. The number of carbonyl (C=O) groups excluding carboxylic acids is 1. The van der Waals surface area contributed by atoms with Gasteiger partial charge in [0.05, 0.1) is 9.58 Å². The molecule has 0 aliphatic carbocycles. The molecule has 0 atom stereocenters. The fraction of sp³-hybridized carbons (Fsp3) is 0.105. The molecule has 4 rings (SSSR count). The maximum Gasteiger partial charge on any atom is 0.261 e. The van der Waals surface area contributed by atoms with E-state index in [1.165, 1.54) is 11.3 Å². The van der Waals surface area contributed by atoms with Crippen LogP contribution in [0.4, 0.5) is 10.8 Å². The number of amides is 1. The third-order valence-electron chi connectivity index (χ3n) is 3.73. The monoisotopic (exact) mass is 380 g/mol. The second-order valence-corrected chi connectivity index (χ2v) is 7.68. The third-order valence-corrected chi connectivity index (χ3v) is 5.81. The van der Waals surface area contributed by atoms with Crippen LogP contribution in [0.15, 0.2) is 60.8 Å². The molecule has 0 aliphatic rings. The van der Waals surface area contributed by atoms with Gasteiger partial charge in [-0.15, -0.1) is 11.3 Å². The fourth-order valence-corrected chi connectivity index (χ4v) is 4.54. The van der Waals surface area contributed by atoms with E-state index in [1.807, 2.05) is 54.6 Å². The normalized spacial score (nSPS) is 10.8. The zero-order valence-corrected chi connectivity index (χ0v) is 15.4. The molecule has 0 radical (unpaired) electrons. The fourth-order valence-electron chi connectivity index (χ4n) is 2.48. The van der Waals surface area contributed by atoms with E-state index >= 15 is 0 Å². The molecule has 0 unspecified atom stereocenters. The molecule has 0 spiro atoms. The molecule has 2 N–H and O–H groups in total. The van der Waals surface area contributed by atoms with Gasteiger partial charge in [-0.1, -0.05) is 35.6 Å². The number of rotatable bonds is 6. The smallest absolute Gasteiger partial charge is 0.261 e. The summed E-state index contributed by atoms with van der Waals surface area (Å²) in [5.74, 6) is -0.0614. The van der Waals surface area contributed by atoms with E-state index in [4.69, 9.17) is 0 Å². The van der Waals surface area contributed by atoms with Crippen LogP contribution in [-0.4, -0.2) is 22.4 Å². The van der Waals surface area contributed by atoms with Gasteiger partial charge in [0.2, 0.25) is 0 Å². The Morgan fingerprint density at radius 2 is 1.88 bits per heavy atom. The highest BCUT2D eigenvalue weighted by Gasteiger charge is 2.14. The molecule has 0 saturated heterocycles. The van der Waals surface area contributed by atoms with E-state index in [9.17, 15) is 4.79 Å². The van der Waals surface area contributed by atoms with Crippen molar-refractivity contribution >= 4 is 48.9 Å². The van der Waals surface area contributed by atoms with E-state index in [0.29, 0.717) is 11.4 Å². The van der Waals surface area contributed by atoms with Gasteiger partial charge in [0.15, 0.2) is 5.13 Å². The summed E-state index contributed by atoms with van der Waals surface area (Å²) in [6, 6.07) is 17.6. The third kappa shape index (κ3) is 3.89. The van der Waals surface area contributed by atoms with Gasteiger partial charge in [-0.05, 0) is 30.3 Å². The van der Waals surface area contributed by atoms with Gasteiger partial charge in [0.25, 0.3) is 5.91 Å². The summed E-state index contributed by atoms with van der Waals surface area (Å²) >= 11 is 2.96. The molecular weight excluding hydrogens is 364 g/mol. The molecule has 1 amide bonds. The standard InChI is InChI=1S/C19H16N4OS2/c24-17(21-11-9-13-6-4-5-10-20-13)15-12-16-18(25-15)23-19(26-16)22-14-7-2-1-3-8-14/h1-8,10,12H,9,11H2,(H,21,24)(H,22,23). The zero-order chi connectivity index (χ0) is 17.8.